The fourth-order valence-corrected chi connectivity index (χ4v) is 1.91. The van der Waals surface area contributed by atoms with Gasteiger partial charge in [-0.2, -0.15) is 13.7 Å². The predicted octanol–water partition coefficient (Wildman–Crippen LogP) is 0.531. The Kier molecular flexibility index (Phi) is 2.41. The second-order valence-corrected chi connectivity index (χ2v) is 3.69. The maximum absolute atomic E-state index is 5.36. The van der Waals surface area contributed by atoms with Crippen LogP contribution in [-0.4, -0.2) is 23.9 Å². The van der Waals surface area contributed by atoms with E-state index in [0.29, 0.717) is 16.9 Å². The zero-order valence-corrected chi connectivity index (χ0v) is 8.10. The van der Waals surface area contributed by atoms with Gasteiger partial charge in [-0.1, -0.05) is 11.8 Å². The molecule has 13 heavy (non-hydrogen) atoms. The minimum atomic E-state index is 0.332. The maximum atomic E-state index is 5.36. The Balaban J connectivity index is 1.93. The van der Waals surface area contributed by atoms with Crippen molar-refractivity contribution in [1.29, 1.82) is 0 Å². The molecule has 0 unspecified atom stereocenters. The van der Waals surface area contributed by atoms with E-state index in [9.17, 15) is 0 Å². The summed E-state index contributed by atoms with van der Waals surface area (Å²) in [6.07, 6.45) is 1.73. The Morgan fingerprint density at radius 2 is 2.54 bits per heavy atom. The second-order valence-electron chi connectivity index (χ2n) is 2.19. The Bertz CT molecular complexity index is 368. The molecule has 0 aromatic carbocycles. The summed E-state index contributed by atoms with van der Waals surface area (Å²) >= 11 is 2.66. The molecule has 0 amide bonds. The largest absolute Gasteiger partial charge is 0.368 e. The van der Waals surface area contributed by atoms with Crippen LogP contribution in [0.1, 0.15) is 5.69 Å². The second kappa shape index (κ2) is 3.71. The molecule has 2 aromatic rings. The summed E-state index contributed by atoms with van der Waals surface area (Å²) in [5, 5.41) is 7.06. The molecule has 2 heterocycles. The van der Waals surface area contributed by atoms with Crippen molar-refractivity contribution in [3.63, 3.8) is 0 Å². The first kappa shape index (κ1) is 8.45. The van der Waals surface area contributed by atoms with Crippen molar-refractivity contribution >= 4 is 29.4 Å². The van der Waals surface area contributed by atoms with Crippen molar-refractivity contribution in [1.82, 2.24) is 23.9 Å². The predicted molar refractivity (Wildman–Crippen MR) is 50.3 cm³/mol. The normalized spacial score (nSPS) is 10.5. The van der Waals surface area contributed by atoms with Gasteiger partial charge >= 0.3 is 0 Å². The van der Waals surface area contributed by atoms with Gasteiger partial charge in [-0.3, -0.25) is 0 Å². The number of nitrogens with two attached hydrogens (primary N) is 1. The molecule has 0 aliphatic rings. The minimum absolute atomic E-state index is 0.332. The molecule has 0 bridgehead atoms. The Morgan fingerprint density at radius 1 is 1.62 bits per heavy atom. The summed E-state index contributed by atoms with van der Waals surface area (Å²) in [6, 6.07) is 0. The van der Waals surface area contributed by atoms with Gasteiger partial charge in [0.2, 0.25) is 11.1 Å². The van der Waals surface area contributed by atoms with E-state index < -0.39 is 0 Å². The molecular weight excluding hydrogens is 208 g/mol. The van der Waals surface area contributed by atoms with Crippen LogP contribution in [0, 0.1) is 0 Å². The number of hydrogen-bond acceptors (Lipinski definition) is 7. The molecule has 0 atom stereocenters. The number of anilines is 1. The van der Waals surface area contributed by atoms with Crippen LogP contribution in [0.3, 0.4) is 0 Å². The average molecular weight is 214 g/mol. The van der Waals surface area contributed by atoms with Gasteiger partial charge in [0, 0.05) is 5.75 Å². The van der Waals surface area contributed by atoms with Crippen LogP contribution in [-0.2, 0) is 5.75 Å². The quantitative estimate of drug-likeness (QED) is 0.724. The molecule has 3 N–H and O–H groups in total. The van der Waals surface area contributed by atoms with E-state index in [0.717, 1.165) is 5.69 Å². The lowest BCUT2D eigenvalue weighted by atomic mass is 10.6. The molecule has 0 spiro atoms. The molecule has 2 rings (SSSR count). The van der Waals surface area contributed by atoms with Gasteiger partial charge in [0.25, 0.3) is 0 Å². The van der Waals surface area contributed by atoms with Crippen LogP contribution in [0.4, 0.5) is 5.95 Å². The summed E-state index contributed by atoms with van der Waals surface area (Å²) in [7, 11) is 0. The third-order valence-corrected chi connectivity index (χ3v) is 2.64. The number of aromatic nitrogens is 5. The van der Waals surface area contributed by atoms with Gasteiger partial charge in [0.05, 0.1) is 23.6 Å². The molecular formula is C5H6N6S2. The van der Waals surface area contributed by atoms with Crippen LogP contribution in [0.2, 0.25) is 0 Å². The third kappa shape index (κ3) is 2.16. The summed E-state index contributed by atoms with van der Waals surface area (Å²) in [4.78, 5) is 3.94. The van der Waals surface area contributed by atoms with Crippen LogP contribution < -0.4 is 5.73 Å². The van der Waals surface area contributed by atoms with E-state index in [4.69, 9.17) is 5.73 Å². The Morgan fingerprint density at radius 3 is 3.15 bits per heavy atom. The summed E-state index contributed by atoms with van der Waals surface area (Å²) in [5.41, 5.74) is 6.29. The van der Waals surface area contributed by atoms with Crippen molar-refractivity contribution in [2.45, 2.75) is 10.9 Å². The molecule has 8 heteroatoms. The lowest BCUT2D eigenvalue weighted by Crippen LogP contribution is -1.85. The monoisotopic (exact) mass is 214 g/mol. The number of H-pyrrole nitrogens is 1. The van der Waals surface area contributed by atoms with Gasteiger partial charge in [0.1, 0.15) is 0 Å². The number of nitrogen functional groups attached to an aromatic ring is 1. The average Bonchev–Trinajstić information content (AvgIpc) is 2.71. The molecule has 0 saturated carbocycles. The lowest BCUT2D eigenvalue weighted by Gasteiger charge is -1.89. The van der Waals surface area contributed by atoms with Gasteiger partial charge in [-0.05, 0) is 0 Å². The van der Waals surface area contributed by atoms with Crippen LogP contribution in [0.25, 0.3) is 0 Å². The highest BCUT2D eigenvalue weighted by molar-refractivity contribution is 7.98. The van der Waals surface area contributed by atoms with Crippen molar-refractivity contribution in [2.75, 3.05) is 5.73 Å². The first-order valence-corrected chi connectivity index (χ1v) is 5.13. The maximum Gasteiger partial charge on any atom is 0.216 e. The first-order valence-electron chi connectivity index (χ1n) is 3.42. The van der Waals surface area contributed by atoms with Gasteiger partial charge in [0.15, 0.2) is 0 Å². The van der Waals surface area contributed by atoms with Crippen molar-refractivity contribution in [2.24, 2.45) is 0 Å². The van der Waals surface area contributed by atoms with E-state index in [-0.39, 0.29) is 0 Å². The van der Waals surface area contributed by atoms with E-state index >= 15 is 0 Å². The topological polar surface area (TPSA) is 93.4 Å². The van der Waals surface area contributed by atoms with E-state index in [1.165, 1.54) is 23.5 Å². The van der Waals surface area contributed by atoms with Gasteiger partial charge in [-0.25, -0.2) is 5.10 Å². The Hall–Kier alpha value is -1.15. The summed E-state index contributed by atoms with van der Waals surface area (Å²) in [6.45, 7) is 0. The smallest absolute Gasteiger partial charge is 0.216 e. The standard InChI is InChI=1S/C5H6N6S2/c6-4-8-5(10-9-4)12-2-3-1-7-13-11-3/h1H,2H2,(H3,6,8,9,10). The van der Waals surface area contributed by atoms with Crippen molar-refractivity contribution in [3.8, 4) is 0 Å². The first-order chi connectivity index (χ1) is 6.34. The molecule has 0 radical (unpaired) electrons. The number of hydrogen-bond donors (Lipinski definition) is 2. The van der Waals surface area contributed by atoms with E-state index in [2.05, 4.69) is 23.9 Å². The number of nitrogens with zero attached hydrogens (tertiary/aromatic N) is 4. The molecule has 0 aliphatic carbocycles. The number of rotatable bonds is 3. The number of nitrogens with one attached hydrogen (secondary N) is 1. The zero-order valence-electron chi connectivity index (χ0n) is 6.47. The van der Waals surface area contributed by atoms with Gasteiger partial charge in [-0.15, -0.1) is 5.10 Å². The van der Waals surface area contributed by atoms with Crippen LogP contribution in [0.15, 0.2) is 11.4 Å². The molecule has 2 aromatic heterocycles. The summed E-state index contributed by atoms with van der Waals surface area (Å²) < 4.78 is 7.93. The molecule has 0 aliphatic heterocycles. The number of thioether (sulfide) groups is 1. The molecule has 0 fully saturated rings. The van der Waals surface area contributed by atoms with Crippen molar-refractivity contribution < 1.29 is 0 Å². The highest BCUT2D eigenvalue weighted by Gasteiger charge is 2.02. The zero-order chi connectivity index (χ0) is 9.10. The van der Waals surface area contributed by atoms with E-state index in [1.54, 1.807) is 6.20 Å². The fraction of sp³-hybridized carbons (Fsp3) is 0.200. The summed E-state index contributed by atoms with van der Waals surface area (Å²) in [5.74, 6) is 1.05. The van der Waals surface area contributed by atoms with Crippen LogP contribution >= 0.6 is 23.5 Å². The van der Waals surface area contributed by atoms with E-state index in [1.807, 2.05) is 0 Å². The molecule has 68 valence electrons. The highest BCUT2D eigenvalue weighted by atomic mass is 32.2. The fourth-order valence-electron chi connectivity index (χ4n) is 0.709. The third-order valence-electron chi connectivity index (χ3n) is 1.24. The van der Waals surface area contributed by atoms with Crippen molar-refractivity contribution in [3.05, 3.63) is 11.9 Å². The lowest BCUT2D eigenvalue weighted by molar-refractivity contribution is 0.972. The van der Waals surface area contributed by atoms with Crippen LogP contribution in [0.5, 0.6) is 0 Å². The minimum Gasteiger partial charge on any atom is -0.368 e. The molecule has 6 nitrogen and oxygen atoms in total. The Labute approximate surface area is 82.3 Å². The number of aromatic amines is 1. The van der Waals surface area contributed by atoms with Gasteiger partial charge < -0.3 is 5.73 Å². The SMILES string of the molecule is Nc1nc(SCc2cnsn2)n[nH]1. The highest BCUT2D eigenvalue weighted by Crippen LogP contribution is 2.17. The molecule has 0 saturated heterocycles.